The SMILES string of the molecule is [N-]=[N+]=NCc1csc(C2CC2)n1. The first-order valence-electron chi connectivity index (χ1n) is 3.85. The summed E-state index contributed by atoms with van der Waals surface area (Å²) in [7, 11) is 0. The van der Waals surface area contributed by atoms with Crippen molar-refractivity contribution in [1.29, 1.82) is 0 Å². The van der Waals surface area contributed by atoms with Gasteiger partial charge in [0.1, 0.15) is 0 Å². The molecule has 62 valence electrons. The molecule has 5 heteroatoms. The lowest BCUT2D eigenvalue weighted by atomic mass is 10.4. The molecular formula is C7H8N4S. The van der Waals surface area contributed by atoms with Gasteiger partial charge in [0.2, 0.25) is 0 Å². The quantitative estimate of drug-likeness (QED) is 0.400. The molecule has 1 saturated carbocycles. The third-order valence-corrected chi connectivity index (χ3v) is 2.85. The summed E-state index contributed by atoms with van der Waals surface area (Å²) in [5.41, 5.74) is 8.99. The average Bonchev–Trinajstić information content (AvgIpc) is 2.83. The molecule has 1 aromatic heterocycles. The molecule has 0 saturated heterocycles. The van der Waals surface area contributed by atoms with E-state index in [1.807, 2.05) is 5.38 Å². The molecule has 0 aliphatic heterocycles. The van der Waals surface area contributed by atoms with Gasteiger partial charge in [0, 0.05) is 16.2 Å². The molecule has 0 spiro atoms. The number of thiazole rings is 1. The van der Waals surface area contributed by atoms with Crippen LogP contribution in [0.3, 0.4) is 0 Å². The van der Waals surface area contributed by atoms with Gasteiger partial charge in [-0.05, 0) is 18.4 Å². The maximum atomic E-state index is 8.09. The monoisotopic (exact) mass is 180 g/mol. The maximum Gasteiger partial charge on any atom is 0.0959 e. The lowest BCUT2D eigenvalue weighted by molar-refractivity contribution is 0.958. The molecule has 0 radical (unpaired) electrons. The van der Waals surface area contributed by atoms with Crippen molar-refractivity contribution in [3.63, 3.8) is 0 Å². The molecule has 0 atom stereocenters. The van der Waals surface area contributed by atoms with Crippen molar-refractivity contribution in [3.05, 3.63) is 26.5 Å². The third-order valence-electron chi connectivity index (χ3n) is 1.79. The van der Waals surface area contributed by atoms with Gasteiger partial charge in [-0.15, -0.1) is 11.3 Å². The smallest absolute Gasteiger partial charge is 0.0959 e. The largest absolute Gasteiger partial charge is 0.246 e. The van der Waals surface area contributed by atoms with Gasteiger partial charge in [0.15, 0.2) is 0 Å². The molecule has 1 heterocycles. The topological polar surface area (TPSA) is 61.7 Å². The van der Waals surface area contributed by atoms with Crippen LogP contribution in [0.25, 0.3) is 10.4 Å². The van der Waals surface area contributed by atoms with Crippen LogP contribution in [0.1, 0.15) is 29.5 Å². The van der Waals surface area contributed by atoms with Crippen molar-refractivity contribution >= 4 is 11.3 Å². The summed E-state index contributed by atoms with van der Waals surface area (Å²) in [6.07, 6.45) is 2.54. The minimum absolute atomic E-state index is 0.389. The highest BCUT2D eigenvalue weighted by Gasteiger charge is 2.26. The minimum atomic E-state index is 0.389. The Kier molecular flexibility index (Phi) is 1.98. The number of hydrogen-bond donors (Lipinski definition) is 0. The zero-order chi connectivity index (χ0) is 8.39. The molecule has 0 unspecified atom stereocenters. The summed E-state index contributed by atoms with van der Waals surface area (Å²) in [6.45, 7) is 0.389. The van der Waals surface area contributed by atoms with E-state index in [4.69, 9.17) is 5.53 Å². The highest BCUT2D eigenvalue weighted by atomic mass is 32.1. The first kappa shape index (κ1) is 7.58. The van der Waals surface area contributed by atoms with Crippen LogP contribution in [0.15, 0.2) is 10.5 Å². The van der Waals surface area contributed by atoms with Crippen LogP contribution in [0.4, 0.5) is 0 Å². The van der Waals surface area contributed by atoms with Gasteiger partial charge in [0.25, 0.3) is 0 Å². The van der Waals surface area contributed by atoms with Crippen molar-refractivity contribution in [2.45, 2.75) is 25.3 Å². The summed E-state index contributed by atoms with van der Waals surface area (Å²) >= 11 is 1.68. The molecule has 0 amide bonds. The van der Waals surface area contributed by atoms with Crippen molar-refractivity contribution in [1.82, 2.24) is 4.98 Å². The van der Waals surface area contributed by atoms with E-state index >= 15 is 0 Å². The summed E-state index contributed by atoms with van der Waals surface area (Å²) < 4.78 is 0. The van der Waals surface area contributed by atoms with Gasteiger partial charge in [-0.25, -0.2) is 4.98 Å². The van der Waals surface area contributed by atoms with E-state index in [0.717, 1.165) is 5.69 Å². The first-order valence-corrected chi connectivity index (χ1v) is 4.73. The normalized spacial score (nSPS) is 15.7. The molecule has 1 aromatic rings. The molecule has 0 bridgehead atoms. The van der Waals surface area contributed by atoms with Gasteiger partial charge in [0.05, 0.1) is 17.2 Å². The highest BCUT2D eigenvalue weighted by molar-refractivity contribution is 7.09. The molecule has 1 fully saturated rings. The van der Waals surface area contributed by atoms with Gasteiger partial charge in [-0.3, -0.25) is 0 Å². The summed E-state index contributed by atoms with van der Waals surface area (Å²) in [6, 6.07) is 0. The molecule has 4 nitrogen and oxygen atoms in total. The van der Waals surface area contributed by atoms with Crippen LogP contribution in [0.2, 0.25) is 0 Å². The fourth-order valence-corrected chi connectivity index (χ4v) is 2.00. The second-order valence-corrected chi connectivity index (χ2v) is 3.73. The Morgan fingerprint density at radius 3 is 3.25 bits per heavy atom. The average molecular weight is 180 g/mol. The van der Waals surface area contributed by atoms with E-state index in [2.05, 4.69) is 15.0 Å². The van der Waals surface area contributed by atoms with E-state index in [1.54, 1.807) is 11.3 Å². The number of azide groups is 1. The summed E-state index contributed by atoms with van der Waals surface area (Å²) in [5, 5.41) is 6.64. The van der Waals surface area contributed by atoms with Gasteiger partial charge in [-0.1, -0.05) is 5.11 Å². The predicted octanol–water partition coefficient (Wildman–Crippen LogP) is 2.83. The second kappa shape index (κ2) is 3.13. The fraction of sp³-hybridized carbons (Fsp3) is 0.571. The van der Waals surface area contributed by atoms with E-state index in [0.29, 0.717) is 12.5 Å². The van der Waals surface area contributed by atoms with Gasteiger partial charge >= 0.3 is 0 Å². The molecule has 1 aliphatic carbocycles. The van der Waals surface area contributed by atoms with Gasteiger partial charge in [-0.2, -0.15) is 0 Å². The molecule has 0 N–H and O–H groups in total. The molecule has 12 heavy (non-hydrogen) atoms. The standard InChI is InChI=1S/C7H8N4S/c8-11-9-3-6-4-12-7(10-6)5-1-2-5/h4-5H,1-3H2. The van der Waals surface area contributed by atoms with Gasteiger partial charge < -0.3 is 0 Å². The zero-order valence-corrected chi connectivity index (χ0v) is 7.29. The van der Waals surface area contributed by atoms with Crippen molar-refractivity contribution in [3.8, 4) is 0 Å². The van der Waals surface area contributed by atoms with Crippen molar-refractivity contribution in [2.24, 2.45) is 5.11 Å². The second-order valence-electron chi connectivity index (χ2n) is 2.84. The maximum absolute atomic E-state index is 8.09. The third kappa shape index (κ3) is 1.57. The van der Waals surface area contributed by atoms with Crippen LogP contribution in [-0.2, 0) is 6.54 Å². The van der Waals surface area contributed by atoms with Crippen LogP contribution in [0, 0.1) is 0 Å². The van der Waals surface area contributed by atoms with Crippen LogP contribution >= 0.6 is 11.3 Å². The molecular weight excluding hydrogens is 172 g/mol. The lowest BCUT2D eigenvalue weighted by Gasteiger charge is -1.85. The zero-order valence-electron chi connectivity index (χ0n) is 6.47. The Morgan fingerprint density at radius 1 is 1.75 bits per heavy atom. The number of hydrogen-bond acceptors (Lipinski definition) is 3. The highest BCUT2D eigenvalue weighted by Crippen LogP contribution is 2.41. The first-order chi connectivity index (χ1) is 5.90. The Balaban J connectivity index is 2.07. The van der Waals surface area contributed by atoms with Crippen molar-refractivity contribution in [2.75, 3.05) is 0 Å². The summed E-state index contributed by atoms with van der Waals surface area (Å²) in [5.74, 6) is 0.704. The van der Waals surface area contributed by atoms with E-state index in [-0.39, 0.29) is 0 Å². The molecule has 1 aliphatic rings. The van der Waals surface area contributed by atoms with E-state index in [9.17, 15) is 0 Å². The number of rotatable bonds is 3. The van der Waals surface area contributed by atoms with E-state index < -0.39 is 0 Å². The Morgan fingerprint density at radius 2 is 2.58 bits per heavy atom. The van der Waals surface area contributed by atoms with Crippen LogP contribution in [-0.4, -0.2) is 4.98 Å². The van der Waals surface area contributed by atoms with Crippen LogP contribution < -0.4 is 0 Å². The Bertz CT molecular complexity index is 322. The Hall–Kier alpha value is -1.06. The fourth-order valence-electron chi connectivity index (χ4n) is 1.02. The van der Waals surface area contributed by atoms with Crippen LogP contribution in [0.5, 0.6) is 0 Å². The molecule has 0 aromatic carbocycles. The van der Waals surface area contributed by atoms with E-state index in [1.165, 1.54) is 17.8 Å². The van der Waals surface area contributed by atoms with Crippen molar-refractivity contribution < 1.29 is 0 Å². The number of aromatic nitrogens is 1. The minimum Gasteiger partial charge on any atom is -0.246 e. The molecule has 2 rings (SSSR count). The Labute approximate surface area is 73.9 Å². The number of nitrogens with zero attached hydrogens (tertiary/aromatic N) is 4. The lowest BCUT2D eigenvalue weighted by Crippen LogP contribution is -1.81. The summed E-state index contributed by atoms with van der Waals surface area (Å²) in [4.78, 5) is 7.05. The predicted molar refractivity (Wildman–Crippen MR) is 46.9 cm³/mol.